The van der Waals surface area contributed by atoms with E-state index in [-0.39, 0.29) is 29.9 Å². The summed E-state index contributed by atoms with van der Waals surface area (Å²) in [5.41, 5.74) is 3.17. The van der Waals surface area contributed by atoms with E-state index in [0.717, 1.165) is 10.5 Å². The molecule has 4 rings (SSSR count). The summed E-state index contributed by atoms with van der Waals surface area (Å²) >= 11 is 0. The Morgan fingerprint density at radius 2 is 1.37 bits per heavy atom. The second-order valence-corrected chi connectivity index (χ2v) is 7.02. The van der Waals surface area contributed by atoms with Gasteiger partial charge in [0.15, 0.2) is 5.78 Å². The third-order valence-electron chi connectivity index (χ3n) is 4.93. The fourth-order valence-electron chi connectivity index (χ4n) is 3.37. The minimum absolute atomic E-state index is 0.0361. The van der Waals surface area contributed by atoms with Gasteiger partial charge in [0.1, 0.15) is 0 Å². The van der Waals surface area contributed by atoms with Crippen molar-refractivity contribution in [2.45, 2.75) is 13.3 Å². The summed E-state index contributed by atoms with van der Waals surface area (Å²) < 4.78 is 0. The van der Waals surface area contributed by atoms with Crippen LogP contribution in [0.4, 0.5) is 11.4 Å². The van der Waals surface area contributed by atoms with Crippen LogP contribution in [-0.2, 0) is 11.2 Å². The van der Waals surface area contributed by atoms with Gasteiger partial charge in [0.2, 0.25) is 5.91 Å². The standard InChI is InChI=1S/C24H18N2O4/c1-15(27)17-8-10-18(11-9-17)25-22(28)14-16-6-12-19(13-7-16)26-23(29)20-4-2-3-5-21(20)24(26)30/h2-13H,14H2,1H3,(H,25,28). The Hall–Kier alpha value is -4.06. The number of imide groups is 1. The monoisotopic (exact) mass is 398 g/mol. The van der Waals surface area contributed by atoms with Crippen LogP contribution in [-0.4, -0.2) is 23.5 Å². The summed E-state index contributed by atoms with van der Waals surface area (Å²) in [6, 6.07) is 20.2. The molecule has 0 aromatic heterocycles. The molecule has 3 amide bonds. The number of benzene rings is 3. The van der Waals surface area contributed by atoms with Gasteiger partial charge >= 0.3 is 0 Å². The number of Topliss-reactive ketones (excluding diaryl/α,β-unsaturated/α-hetero) is 1. The number of rotatable bonds is 5. The van der Waals surface area contributed by atoms with E-state index in [2.05, 4.69) is 5.32 Å². The van der Waals surface area contributed by atoms with Crippen LogP contribution in [0.25, 0.3) is 0 Å². The molecule has 0 saturated carbocycles. The zero-order chi connectivity index (χ0) is 21.3. The zero-order valence-corrected chi connectivity index (χ0v) is 16.2. The number of fused-ring (bicyclic) bond motifs is 1. The van der Waals surface area contributed by atoms with Crippen LogP contribution in [0, 0.1) is 0 Å². The van der Waals surface area contributed by atoms with Gasteiger partial charge in [-0.2, -0.15) is 0 Å². The van der Waals surface area contributed by atoms with Crippen LogP contribution in [0.3, 0.4) is 0 Å². The molecule has 6 heteroatoms. The molecule has 0 atom stereocenters. The Morgan fingerprint density at radius 1 is 0.800 bits per heavy atom. The van der Waals surface area contributed by atoms with Crippen molar-refractivity contribution in [2.24, 2.45) is 0 Å². The zero-order valence-electron chi connectivity index (χ0n) is 16.2. The summed E-state index contributed by atoms with van der Waals surface area (Å²) in [4.78, 5) is 49.9. The first-order chi connectivity index (χ1) is 14.4. The molecule has 148 valence electrons. The van der Waals surface area contributed by atoms with Crippen molar-refractivity contribution in [2.75, 3.05) is 10.2 Å². The van der Waals surface area contributed by atoms with E-state index >= 15 is 0 Å². The number of carbonyl (C=O) groups excluding carboxylic acids is 4. The SMILES string of the molecule is CC(=O)c1ccc(NC(=O)Cc2ccc(N3C(=O)c4ccccc4C3=O)cc2)cc1. The molecule has 6 nitrogen and oxygen atoms in total. The number of hydrogen-bond acceptors (Lipinski definition) is 4. The summed E-state index contributed by atoms with van der Waals surface area (Å²) in [7, 11) is 0. The highest BCUT2D eigenvalue weighted by Gasteiger charge is 2.36. The Balaban J connectivity index is 1.43. The highest BCUT2D eigenvalue weighted by molar-refractivity contribution is 6.34. The van der Waals surface area contributed by atoms with Crippen molar-refractivity contribution in [1.29, 1.82) is 0 Å². The van der Waals surface area contributed by atoms with Gasteiger partial charge < -0.3 is 5.32 Å². The molecule has 1 aliphatic rings. The van der Waals surface area contributed by atoms with E-state index in [0.29, 0.717) is 28.1 Å². The lowest BCUT2D eigenvalue weighted by atomic mass is 10.1. The van der Waals surface area contributed by atoms with Gasteiger partial charge in [-0.3, -0.25) is 19.2 Å². The molecule has 0 radical (unpaired) electrons. The lowest BCUT2D eigenvalue weighted by Gasteiger charge is -2.14. The number of anilines is 2. The average Bonchev–Trinajstić information content (AvgIpc) is 3.00. The fraction of sp³-hybridized carbons (Fsp3) is 0.0833. The average molecular weight is 398 g/mol. The summed E-state index contributed by atoms with van der Waals surface area (Å²) in [6.45, 7) is 1.49. The lowest BCUT2D eigenvalue weighted by molar-refractivity contribution is -0.115. The molecule has 3 aromatic carbocycles. The first kappa shape index (κ1) is 19.3. The minimum atomic E-state index is -0.352. The predicted octanol–water partition coefficient (Wildman–Crippen LogP) is 3.87. The molecule has 1 N–H and O–H groups in total. The summed E-state index contributed by atoms with van der Waals surface area (Å²) in [6.07, 6.45) is 0.136. The highest BCUT2D eigenvalue weighted by atomic mass is 16.2. The van der Waals surface area contributed by atoms with Gasteiger partial charge in [-0.25, -0.2) is 4.90 Å². The maximum absolute atomic E-state index is 12.6. The lowest BCUT2D eigenvalue weighted by Crippen LogP contribution is -2.29. The van der Waals surface area contributed by atoms with Gasteiger partial charge in [-0.05, 0) is 61.0 Å². The van der Waals surface area contributed by atoms with Crippen LogP contribution < -0.4 is 10.2 Å². The summed E-state index contributed by atoms with van der Waals surface area (Å²) in [5.74, 6) is -0.949. The molecule has 3 aromatic rings. The van der Waals surface area contributed by atoms with E-state index < -0.39 is 0 Å². The molecular formula is C24H18N2O4. The Kier molecular flexibility index (Phi) is 4.98. The molecule has 0 aliphatic carbocycles. The van der Waals surface area contributed by atoms with Gasteiger partial charge in [-0.1, -0.05) is 24.3 Å². The van der Waals surface area contributed by atoms with E-state index in [9.17, 15) is 19.2 Å². The molecule has 0 spiro atoms. The number of ketones is 1. The fourth-order valence-corrected chi connectivity index (χ4v) is 3.37. The third kappa shape index (κ3) is 3.63. The molecule has 0 fully saturated rings. The second-order valence-electron chi connectivity index (χ2n) is 7.02. The topological polar surface area (TPSA) is 83.6 Å². The Bertz CT molecular complexity index is 1130. The minimum Gasteiger partial charge on any atom is -0.326 e. The van der Waals surface area contributed by atoms with Crippen molar-refractivity contribution >= 4 is 34.9 Å². The van der Waals surface area contributed by atoms with Gasteiger partial charge in [-0.15, -0.1) is 0 Å². The number of hydrogen-bond donors (Lipinski definition) is 1. The molecule has 0 unspecified atom stereocenters. The second kappa shape index (κ2) is 7.75. The largest absolute Gasteiger partial charge is 0.326 e. The van der Waals surface area contributed by atoms with Gasteiger partial charge in [0.05, 0.1) is 23.2 Å². The smallest absolute Gasteiger partial charge is 0.266 e. The number of nitrogens with one attached hydrogen (secondary N) is 1. The van der Waals surface area contributed by atoms with E-state index in [1.807, 2.05) is 0 Å². The quantitative estimate of drug-likeness (QED) is 0.522. The highest BCUT2D eigenvalue weighted by Crippen LogP contribution is 2.28. The maximum atomic E-state index is 12.6. The van der Waals surface area contributed by atoms with Crippen molar-refractivity contribution in [3.63, 3.8) is 0 Å². The van der Waals surface area contributed by atoms with Crippen LogP contribution in [0.5, 0.6) is 0 Å². The molecule has 1 heterocycles. The number of nitrogens with zero attached hydrogens (tertiary/aromatic N) is 1. The number of amides is 3. The molecular weight excluding hydrogens is 380 g/mol. The maximum Gasteiger partial charge on any atom is 0.266 e. The van der Waals surface area contributed by atoms with E-state index in [4.69, 9.17) is 0 Å². The first-order valence-corrected chi connectivity index (χ1v) is 9.41. The van der Waals surface area contributed by atoms with Crippen molar-refractivity contribution in [3.05, 3.63) is 95.1 Å². The van der Waals surface area contributed by atoms with Crippen LogP contribution in [0.15, 0.2) is 72.8 Å². The Labute approximate surface area is 173 Å². The van der Waals surface area contributed by atoms with Gasteiger partial charge in [0, 0.05) is 11.3 Å². The third-order valence-corrected chi connectivity index (χ3v) is 4.93. The summed E-state index contributed by atoms with van der Waals surface area (Å²) in [5, 5.41) is 2.78. The molecule has 30 heavy (non-hydrogen) atoms. The van der Waals surface area contributed by atoms with Crippen molar-refractivity contribution in [3.8, 4) is 0 Å². The van der Waals surface area contributed by atoms with Crippen molar-refractivity contribution < 1.29 is 19.2 Å². The van der Waals surface area contributed by atoms with Crippen LogP contribution in [0.1, 0.15) is 43.6 Å². The normalized spacial score (nSPS) is 12.6. The molecule has 1 aliphatic heterocycles. The van der Waals surface area contributed by atoms with E-state index in [1.165, 1.54) is 6.92 Å². The molecule has 0 saturated heterocycles. The predicted molar refractivity (Wildman–Crippen MR) is 113 cm³/mol. The Morgan fingerprint density at radius 3 is 1.90 bits per heavy atom. The number of carbonyl (C=O) groups is 4. The van der Waals surface area contributed by atoms with E-state index in [1.54, 1.807) is 72.8 Å². The van der Waals surface area contributed by atoms with Gasteiger partial charge in [0.25, 0.3) is 11.8 Å². The first-order valence-electron chi connectivity index (χ1n) is 9.41. The van der Waals surface area contributed by atoms with Crippen LogP contribution in [0.2, 0.25) is 0 Å². The van der Waals surface area contributed by atoms with Crippen LogP contribution >= 0.6 is 0 Å². The molecule has 0 bridgehead atoms. The van der Waals surface area contributed by atoms with Crippen molar-refractivity contribution in [1.82, 2.24) is 0 Å².